The maximum atomic E-state index is 12.6. The van der Waals surface area contributed by atoms with E-state index in [0.29, 0.717) is 18.7 Å². The number of carbonyl (C=O) groups is 2. The maximum absolute atomic E-state index is 12.6. The highest BCUT2D eigenvalue weighted by atomic mass is 19.3. The molecule has 0 aliphatic carbocycles. The van der Waals surface area contributed by atoms with Crippen LogP contribution in [0.2, 0.25) is 0 Å². The standard InChI is InChI=1S/C20H27F2N3O4/c1-28-16-7-2-5-14(18(16)29-20(21)22)8-9-17(26)24-10-4-12-25-11-3-6-15(13-25)19(23)27/h2,5,7-9,15,20H,3-4,6,10-13H2,1H3,(H2,23,27)(H,24,26)/b9-8+. The molecule has 1 heterocycles. The molecular formula is C20H27F2N3O4. The van der Waals surface area contributed by atoms with Crippen LogP contribution in [0.4, 0.5) is 8.78 Å². The predicted octanol–water partition coefficient (Wildman–Crippen LogP) is 2.01. The fourth-order valence-corrected chi connectivity index (χ4v) is 3.27. The van der Waals surface area contributed by atoms with Gasteiger partial charge in [-0.1, -0.05) is 12.1 Å². The highest BCUT2D eigenvalue weighted by molar-refractivity contribution is 5.92. The van der Waals surface area contributed by atoms with E-state index in [9.17, 15) is 18.4 Å². The lowest BCUT2D eigenvalue weighted by Gasteiger charge is -2.31. The molecule has 2 rings (SSSR count). The number of methoxy groups -OCH3 is 1. The van der Waals surface area contributed by atoms with E-state index in [0.717, 1.165) is 32.4 Å². The molecule has 3 N–H and O–H groups in total. The van der Waals surface area contributed by atoms with Crippen LogP contribution in [0.5, 0.6) is 11.5 Å². The fraction of sp³-hybridized carbons (Fsp3) is 0.500. The highest BCUT2D eigenvalue weighted by Crippen LogP contribution is 2.33. The first-order valence-electron chi connectivity index (χ1n) is 9.50. The van der Waals surface area contributed by atoms with Crippen molar-refractivity contribution in [1.82, 2.24) is 10.2 Å². The normalized spacial score (nSPS) is 17.4. The summed E-state index contributed by atoms with van der Waals surface area (Å²) in [6.07, 6.45) is 5.15. The molecule has 0 bridgehead atoms. The van der Waals surface area contributed by atoms with Crippen LogP contribution in [0.3, 0.4) is 0 Å². The Hall–Kier alpha value is -2.68. The molecule has 0 aromatic heterocycles. The van der Waals surface area contributed by atoms with Gasteiger partial charge in [-0.25, -0.2) is 0 Å². The Morgan fingerprint density at radius 1 is 1.41 bits per heavy atom. The van der Waals surface area contributed by atoms with E-state index >= 15 is 0 Å². The minimum Gasteiger partial charge on any atom is -0.493 e. The first-order chi connectivity index (χ1) is 13.9. The third-order valence-electron chi connectivity index (χ3n) is 4.71. The second-order valence-corrected chi connectivity index (χ2v) is 6.78. The Kier molecular flexibility index (Phi) is 8.85. The smallest absolute Gasteiger partial charge is 0.387 e. The molecule has 1 aromatic rings. The summed E-state index contributed by atoms with van der Waals surface area (Å²) < 4.78 is 34.8. The lowest BCUT2D eigenvalue weighted by Crippen LogP contribution is -2.42. The number of nitrogens with zero attached hydrogens (tertiary/aromatic N) is 1. The number of halogens is 2. The van der Waals surface area contributed by atoms with Gasteiger partial charge in [0, 0.05) is 24.7 Å². The molecule has 1 aliphatic heterocycles. The maximum Gasteiger partial charge on any atom is 0.387 e. The van der Waals surface area contributed by atoms with E-state index in [-0.39, 0.29) is 29.2 Å². The zero-order valence-corrected chi connectivity index (χ0v) is 16.4. The van der Waals surface area contributed by atoms with Gasteiger partial charge in [0.1, 0.15) is 0 Å². The van der Waals surface area contributed by atoms with Gasteiger partial charge in [-0.05, 0) is 44.5 Å². The highest BCUT2D eigenvalue weighted by Gasteiger charge is 2.23. The number of nitrogens with one attached hydrogen (secondary N) is 1. The molecule has 9 heteroatoms. The molecule has 1 atom stereocenters. The van der Waals surface area contributed by atoms with Crippen molar-refractivity contribution in [2.45, 2.75) is 25.9 Å². The molecule has 1 aliphatic rings. The van der Waals surface area contributed by atoms with Crippen LogP contribution in [-0.2, 0) is 9.59 Å². The Bertz CT molecular complexity index is 728. The monoisotopic (exact) mass is 411 g/mol. The second-order valence-electron chi connectivity index (χ2n) is 6.78. The van der Waals surface area contributed by atoms with E-state index in [4.69, 9.17) is 10.5 Å². The van der Waals surface area contributed by atoms with Crippen LogP contribution in [-0.4, -0.2) is 56.6 Å². The number of benzene rings is 1. The molecule has 2 amide bonds. The number of hydrogen-bond donors (Lipinski definition) is 2. The molecule has 0 saturated carbocycles. The molecular weight excluding hydrogens is 384 g/mol. The number of piperidine rings is 1. The van der Waals surface area contributed by atoms with Crippen LogP contribution >= 0.6 is 0 Å². The fourth-order valence-electron chi connectivity index (χ4n) is 3.27. The van der Waals surface area contributed by atoms with E-state index in [2.05, 4.69) is 15.0 Å². The third kappa shape index (κ3) is 7.34. The topological polar surface area (TPSA) is 93.9 Å². The lowest BCUT2D eigenvalue weighted by atomic mass is 9.97. The van der Waals surface area contributed by atoms with Crippen molar-refractivity contribution in [3.63, 3.8) is 0 Å². The van der Waals surface area contributed by atoms with E-state index < -0.39 is 6.61 Å². The zero-order chi connectivity index (χ0) is 21.2. The summed E-state index contributed by atoms with van der Waals surface area (Å²) in [4.78, 5) is 25.5. The van der Waals surface area contributed by atoms with Crippen molar-refractivity contribution in [1.29, 1.82) is 0 Å². The summed E-state index contributed by atoms with van der Waals surface area (Å²) in [7, 11) is 1.35. The predicted molar refractivity (Wildman–Crippen MR) is 105 cm³/mol. The third-order valence-corrected chi connectivity index (χ3v) is 4.71. The summed E-state index contributed by atoms with van der Waals surface area (Å²) in [6, 6.07) is 4.67. The minimum absolute atomic E-state index is 0.103. The van der Waals surface area contributed by atoms with Gasteiger partial charge >= 0.3 is 6.61 Å². The summed E-state index contributed by atoms with van der Waals surface area (Å²) in [6.45, 7) is -0.210. The average Bonchev–Trinajstić information content (AvgIpc) is 2.70. The largest absolute Gasteiger partial charge is 0.493 e. The number of likely N-dealkylation sites (tertiary alicyclic amines) is 1. The Morgan fingerprint density at radius 3 is 2.90 bits per heavy atom. The van der Waals surface area contributed by atoms with Gasteiger partial charge in [-0.2, -0.15) is 8.78 Å². The number of primary amides is 1. The van der Waals surface area contributed by atoms with Crippen molar-refractivity contribution >= 4 is 17.9 Å². The summed E-state index contributed by atoms with van der Waals surface area (Å²) in [5.74, 6) is -0.675. The van der Waals surface area contributed by atoms with Crippen LogP contribution in [0, 0.1) is 5.92 Å². The van der Waals surface area contributed by atoms with Gasteiger partial charge < -0.3 is 25.4 Å². The molecule has 0 radical (unpaired) electrons. The van der Waals surface area contributed by atoms with Crippen molar-refractivity contribution < 1.29 is 27.8 Å². The number of rotatable bonds is 10. The number of hydrogen-bond acceptors (Lipinski definition) is 5. The molecule has 0 spiro atoms. The molecule has 160 valence electrons. The summed E-state index contributed by atoms with van der Waals surface area (Å²) in [5, 5.41) is 2.75. The number of para-hydroxylation sites is 1. The number of alkyl halides is 2. The summed E-state index contributed by atoms with van der Waals surface area (Å²) in [5.41, 5.74) is 5.68. The molecule has 1 unspecified atom stereocenters. The van der Waals surface area contributed by atoms with E-state index in [1.165, 1.54) is 25.3 Å². The molecule has 1 saturated heterocycles. The van der Waals surface area contributed by atoms with Gasteiger partial charge in [0.05, 0.1) is 13.0 Å². The summed E-state index contributed by atoms with van der Waals surface area (Å²) >= 11 is 0. The van der Waals surface area contributed by atoms with Crippen molar-refractivity contribution in [3.8, 4) is 11.5 Å². The van der Waals surface area contributed by atoms with Crippen molar-refractivity contribution in [2.75, 3.05) is 33.3 Å². The van der Waals surface area contributed by atoms with Crippen LogP contribution in [0.15, 0.2) is 24.3 Å². The molecule has 7 nitrogen and oxygen atoms in total. The zero-order valence-electron chi connectivity index (χ0n) is 16.4. The number of ether oxygens (including phenoxy) is 2. The Morgan fingerprint density at radius 2 is 2.21 bits per heavy atom. The van der Waals surface area contributed by atoms with Crippen molar-refractivity contribution in [2.24, 2.45) is 11.7 Å². The van der Waals surface area contributed by atoms with Gasteiger partial charge in [-0.3, -0.25) is 9.59 Å². The van der Waals surface area contributed by atoms with Gasteiger partial charge in [0.15, 0.2) is 11.5 Å². The van der Waals surface area contributed by atoms with Crippen LogP contribution in [0.25, 0.3) is 6.08 Å². The first kappa shape index (κ1) is 22.6. The van der Waals surface area contributed by atoms with Crippen LogP contribution < -0.4 is 20.5 Å². The Balaban J connectivity index is 1.81. The minimum atomic E-state index is -3.00. The molecule has 1 aromatic carbocycles. The van der Waals surface area contributed by atoms with Gasteiger partial charge in [0.2, 0.25) is 11.8 Å². The number of nitrogens with two attached hydrogens (primary N) is 1. The molecule has 29 heavy (non-hydrogen) atoms. The second kappa shape index (κ2) is 11.4. The SMILES string of the molecule is COc1cccc(/C=C/C(=O)NCCCN2CCCC(C(N)=O)C2)c1OC(F)F. The van der Waals surface area contributed by atoms with Crippen LogP contribution in [0.1, 0.15) is 24.8 Å². The lowest BCUT2D eigenvalue weighted by molar-refractivity contribution is -0.123. The van der Waals surface area contributed by atoms with Crippen molar-refractivity contribution in [3.05, 3.63) is 29.8 Å². The van der Waals surface area contributed by atoms with E-state index in [1.807, 2.05) is 0 Å². The number of carbonyl (C=O) groups excluding carboxylic acids is 2. The van der Waals surface area contributed by atoms with Gasteiger partial charge in [0.25, 0.3) is 0 Å². The van der Waals surface area contributed by atoms with E-state index in [1.54, 1.807) is 12.1 Å². The van der Waals surface area contributed by atoms with Gasteiger partial charge in [-0.15, -0.1) is 0 Å². The Labute approximate surface area is 168 Å². The molecule has 1 fully saturated rings. The number of amides is 2. The quantitative estimate of drug-likeness (QED) is 0.454. The average molecular weight is 411 g/mol. The first-order valence-corrected chi connectivity index (χ1v) is 9.50.